The average Bonchev–Trinajstić information content (AvgIpc) is 2.17. The summed E-state index contributed by atoms with van der Waals surface area (Å²) < 4.78 is 0. The molecule has 2 aromatic heterocycles. The second-order valence-electron chi connectivity index (χ2n) is 3.02. The van der Waals surface area contributed by atoms with Crippen LogP contribution >= 0.6 is 0 Å². The lowest BCUT2D eigenvalue weighted by molar-refractivity contribution is 1.01. The fourth-order valence-corrected chi connectivity index (χ4v) is 1.53. The molecule has 0 atom stereocenters. The van der Waals surface area contributed by atoms with Crippen molar-refractivity contribution >= 4 is 10.8 Å². The fraction of sp³-hybridized carbons (Fsp3) is 0.200. The lowest BCUT2D eigenvalue weighted by Crippen LogP contribution is -2.01. The number of pyridine rings is 2. The topological polar surface area (TPSA) is 51.8 Å². The summed E-state index contributed by atoms with van der Waals surface area (Å²) in [5, 5.41) is 2.25. The van der Waals surface area contributed by atoms with Gasteiger partial charge in [-0.05, 0) is 18.6 Å². The maximum absolute atomic E-state index is 5.60. The van der Waals surface area contributed by atoms with Crippen LogP contribution in [-0.2, 0) is 6.54 Å². The van der Waals surface area contributed by atoms with E-state index in [1.54, 1.807) is 6.20 Å². The number of rotatable bonds is 1. The van der Waals surface area contributed by atoms with Crippen LogP contribution in [0.1, 0.15) is 11.3 Å². The van der Waals surface area contributed by atoms with Gasteiger partial charge in [0.25, 0.3) is 0 Å². The number of aryl methyl sites for hydroxylation is 1. The van der Waals surface area contributed by atoms with Crippen molar-refractivity contribution in [3.05, 3.63) is 35.9 Å². The van der Waals surface area contributed by atoms with Gasteiger partial charge in [0.1, 0.15) is 0 Å². The Kier molecular flexibility index (Phi) is 1.94. The number of nitrogens with two attached hydrogens (primary N) is 1. The van der Waals surface area contributed by atoms with Crippen LogP contribution in [0.15, 0.2) is 24.7 Å². The van der Waals surface area contributed by atoms with Gasteiger partial charge in [0, 0.05) is 35.9 Å². The summed E-state index contributed by atoms with van der Waals surface area (Å²) >= 11 is 0. The average molecular weight is 173 g/mol. The molecule has 0 bridgehead atoms. The molecule has 0 aliphatic carbocycles. The second kappa shape index (κ2) is 3.11. The molecule has 2 N–H and O–H groups in total. The van der Waals surface area contributed by atoms with E-state index in [1.165, 1.54) is 0 Å². The van der Waals surface area contributed by atoms with Crippen LogP contribution in [0, 0.1) is 6.92 Å². The normalized spacial score (nSPS) is 10.6. The van der Waals surface area contributed by atoms with E-state index in [0.717, 1.165) is 22.0 Å². The Bertz CT molecular complexity index is 432. The van der Waals surface area contributed by atoms with Gasteiger partial charge in [0.15, 0.2) is 0 Å². The van der Waals surface area contributed by atoms with Crippen LogP contribution in [0.25, 0.3) is 10.8 Å². The molecule has 0 aliphatic heterocycles. The fourth-order valence-electron chi connectivity index (χ4n) is 1.53. The Morgan fingerprint density at radius 3 is 3.00 bits per heavy atom. The monoisotopic (exact) mass is 173 g/mol. The molecule has 13 heavy (non-hydrogen) atoms. The molecule has 0 aromatic carbocycles. The Balaban J connectivity index is 2.87. The molecule has 0 amide bonds. The maximum atomic E-state index is 5.60. The second-order valence-corrected chi connectivity index (χ2v) is 3.02. The highest BCUT2D eigenvalue weighted by atomic mass is 14.7. The van der Waals surface area contributed by atoms with E-state index in [1.807, 2.05) is 25.4 Å². The van der Waals surface area contributed by atoms with Gasteiger partial charge in [-0.3, -0.25) is 9.97 Å². The van der Waals surface area contributed by atoms with Crippen LogP contribution in [0.3, 0.4) is 0 Å². The standard InChI is InChI=1S/C10H11N3/c1-7-5-12-6-8-2-3-13-9(4-11)10(7)8/h2-3,5-6H,4,11H2,1H3. The van der Waals surface area contributed by atoms with E-state index in [4.69, 9.17) is 5.73 Å². The van der Waals surface area contributed by atoms with Crippen molar-refractivity contribution in [3.8, 4) is 0 Å². The maximum Gasteiger partial charge on any atom is 0.0621 e. The van der Waals surface area contributed by atoms with E-state index < -0.39 is 0 Å². The smallest absolute Gasteiger partial charge is 0.0621 e. The van der Waals surface area contributed by atoms with Gasteiger partial charge in [-0.2, -0.15) is 0 Å². The summed E-state index contributed by atoms with van der Waals surface area (Å²) in [4.78, 5) is 8.35. The SMILES string of the molecule is Cc1cncc2ccnc(CN)c12. The predicted molar refractivity (Wildman–Crippen MR) is 52.2 cm³/mol. The molecule has 3 heteroatoms. The zero-order valence-electron chi connectivity index (χ0n) is 7.49. The van der Waals surface area contributed by atoms with Crippen LogP contribution in [-0.4, -0.2) is 9.97 Å². The highest BCUT2D eigenvalue weighted by Crippen LogP contribution is 2.18. The molecule has 0 radical (unpaired) electrons. The first kappa shape index (κ1) is 8.13. The molecule has 0 spiro atoms. The van der Waals surface area contributed by atoms with Crippen molar-refractivity contribution < 1.29 is 0 Å². The minimum atomic E-state index is 0.474. The van der Waals surface area contributed by atoms with Crippen LogP contribution in [0.5, 0.6) is 0 Å². The predicted octanol–water partition coefficient (Wildman–Crippen LogP) is 1.40. The summed E-state index contributed by atoms with van der Waals surface area (Å²) in [5.74, 6) is 0. The summed E-state index contributed by atoms with van der Waals surface area (Å²) in [6, 6.07) is 1.95. The van der Waals surface area contributed by atoms with Gasteiger partial charge in [-0.15, -0.1) is 0 Å². The number of fused-ring (bicyclic) bond motifs is 1. The van der Waals surface area contributed by atoms with Crippen molar-refractivity contribution in [2.75, 3.05) is 0 Å². The molecule has 2 aromatic rings. The Hall–Kier alpha value is -1.48. The van der Waals surface area contributed by atoms with E-state index in [2.05, 4.69) is 9.97 Å². The molecule has 0 aliphatic rings. The summed E-state index contributed by atoms with van der Waals surface area (Å²) in [6.07, 6.45) is 5.44. The molecule has 2 rings (SSSR count). The van der Waals surface area contributed by atoms with Gasteiger partial charge >= 0.3 is 0 Å². The third kappa shape index (κ3) is 1.27. The molecule has 0 saturated heterocycles. The quantitative estimate of drug-likeness (QED) is 0.709. The highest BCUT2D eigenvalue weighted by molar-refractivity contribution is 5.86. The molecule has 0 saturated carbocycles. The first-order valence-corrected chi connectivity index (χ1v) is 4.21. The molecule has 0 fully saturated rings. The summed E-state index contributed by atoms with van der Waals surface area (Å²) in [7, 11) is 0. The summed E-state index contributed by atoms with van der Waals surface area (Å²) in [6.45, 7) is 2.50. The van der Waals surface area contributed by atoms with Gasteiger partial charge in [-0.1, -0.05) is 0 Å². The minimum absolute atomic E-state index is 0.474. The zero-order chi connectivity index (χ0) is 9.26. The van der Waals surface area contributed by atoms with Crippen LogP contribution in [0.4, 0.5) is 0 Å². The first-order valence-electron chi connectivity index (χ1n) is 4.21. The number of hydrogen-bond donors (Lipinski definition) is 1. The van der Waals surface area contributed by atoms with Gasteiger partial charge in [0.2, 0.25) is 0 Å². The molecule has 2 heterocycles. The lowest BCUT2D eigenvalue weighted by atomic mass is 10.1. The third-order valence-corrected chi connectivity index (χ3v) is 2.13. The van der Waals surface area contributed by atoms with Gasteiger partial charge in [0.05, 0.1) is 5.69 Å². The van der Waals surface area contributed by atoms with Crippen molar-refractivity contribution in [1.82, 2.24) is 9.97 Å². The molecular formula is C10H11N3. The number of hydrogen-bond acceptors (Lipinski definition) is 3. The summed E-state index contributed by atoms with van der Waals surface area (Å²) in [5.41, 5.74) is 7.67. The molecule has 66 valence electrons. The van der Waals surface area contributed by atoms with Crippen LogP contribution in [0.2, 0.25) is 0 Å². The van der Waals surface area contributed by atoms with Crippen molar-refractivity contribution in [3.63, 3.8) is 0 Å². The third-order valence-electron chi connectivity index (χ3n) is 2.13. The van der Waals surface area contributed by atoms with E-state index in [0.29, 0.717) is 6.54 Å². The van der Waals surface area contributed by atoms with E-state index in [-0.39, 0.29) is 0 Å². The first-order chi connectivity index (χ1) is 6.33. The van der Waals surface area contributed by atoms with E-state index >= 15 is 0 Å². The van der Waals surface area contributed by atoms with Crippen molar-refractivity contribution in [2.24, 2.45) is 5.73 Å². The molecule has 3 nitrogen and oxygen atoms in total. The lowest BCUT2D eigenvalue weighted by Gasteiger charge is -2.04. The molecule has 0 unspecified atom stereocenters. The van der Waals surface area contributed by atoms with E-state index in [9.17, 15) is 0 Å². The van der Waals surface area contributed by atoms with Crippen molar-refractivity contribution in [1.29, 1.82) is 0 Å². The van der Waals surface area contributed by atoms with Gasteiger partial charge in [-0.25, -0.2) is 0 Å². The Morgan fingerprint density at radius 2 is 2.23 bits per heavy atom. The van der Waals surface area contributed by atoms with Crippen molar-refractivity contribution in [2.45, 2.75) is 13.5 Å². The largest absolute Gasteiger partial charge is 0.325 e. The Labute approximate surface area is 76.6 Å². The van der Waals surface area contributed by atoms with Gasteiger partial charge < -0.3 is 5.73 Å². The Morgan fingerprint density at radius 1 is 1.38 bits per heavy atom. The van der Waals surface area contributed by atoms with Crippen LogP contribution < -0.4 is 5.73 Å². The number of nitrogens with zero attached hydrogens (tertiary/aromatic N) is 2. The molecular weight excluding hydrogens is 162 g/mol. The minimum Gasteiger partial charge on any atom is -0.325 e. The number of aromatic nitrogens is 2. The zero-order valence-corrected chi connectivity index (χ0v) is 7.49. The highest BCUT2D eigenvalue weighted by Gasteiger charge is 2.02.